The van der Waals surface area contributed by atoms with Crippen LogP contribution in [-0.2, 0) is 16.2 Å². The number of fused-ring (bicyclic) bond motifs is 23. The fourth-order valence-electron chi connectivity index (χ4n) is 14.8. The average molecular weight is 990 g/mol. The smallest absolute Gasteiger partial charge is 0.144 e. The van der Waals surface area contributed by atoms with Gasteiger partial charge in [0.1, 0.15) is 33.5 Å². The Morgan fingerprint density at radius 3 is 1.60 bits per heavy atom. The Kier molecular flexibility index (Phi) is 8.20. The Balaban J connectivity index is 0.886. The van der Waals surface area contributed by atoms with Gasteiger partial charge >= 0.3 is 0 Å². The molecule has 0 unspecified atom stereocenters. The molecule has 0 radical (unpaired) electrons. The van der Waals surface area contributed by atoms with Crippen molar-refractivity contribution in [1.82, 2.24) is 0 Å². The molecule has 14 aromatic rings. The molecule has 0 spiro atoms. The second kappa shape index (κ2) is 14.6. The molecule has 0 saturated carbocycles. The van der Waals surface area contributed by atoms with Crippen LogP contribution in [0.5, 0.6) is 0 Å². The normalized spacial score (nSPS) is 15.2. The maximum atomic E-state index is 7.03. The summed E-state index contributed by atoms with van der Waals surface area (Å²) in [5, 5.41) is 9.28. The highest BCUT2D eigenvalue weighted by molar-refractivity contribution is 6.22. The summed E-state index contributed by atoms with van der Waals surface area (Å²) in [5.74, 6) is 0. The molecule has 0 saturated heterocycles. The van der Waals surface area contributed by atoms with Crippen LogP contribution in [-0.4, -0.2) is 0 Å². The minimum atomic E-state index is -0.371. The highest BCUT2D eigenvalue weighted by Crippen LogP contribution is 2.64. The molecule has 4 heteroatoms. The van der Waals surface area contributed by atoms with Crippen LogP contribution in [0.2, 0.25) is 0 Å². The highest BCUT2D eigenvalue weighted by Gasteiger charge is 2.49. The molecule has 0 N–H and O–H groups in total. The van der Waals surface area contributed by atoms with Gasteiger partial charge in [0, 0.05) is 76.5 Å². The third kappa shape index (κ3) is 5.47. The Labute approximate surface area is 445 Å². The van der Waals surface area contributed by atoms with Gasteiger partial charge in [-0.15, -0.1) is 0 Å². The lowest BCUT2D eigenvalue weighted by molar-refractivity contribution is 0.600. The van der Waals surface area contributed by atoms with Crippen LogP contribution in [0.4, 0.5) is 17.1 Å². The SMILES string of the molecule is CC1(C)c2cc(N(c3ccc4c(c3)C(C)(C)c3c5c(c6oc7ccccc7c6c3-4)-c3ccccc3C5(C)C)c3cccc4ccccc34)ccc2-c2c1cc(-c1ccc3oc4ccccc4c3c1)c1oc3ccccc3c21. The molecular weight excluding hydrogens is 939 g/mol. The Hall–Kier alpha value is -9.12. The molecule has 0 fully saturated rings. The van der Waals surface area contributed by atoms with Crippen LogP contribution >= 0.6 is 0 Å². The van der Waals surface area contributed by atoms with Crippen LogP contribution in [0.3, 0.4) is 0 Å². The summed E-state index contributed by atoms with van der Waals surface area (Å²) in [7, 11) is 0. The predicted molar refractivity (Wildman–Crippen MR) is 319 cm³/mol. The summed E-state index contributed by atoms with van der Waals surface area (Å²) in [4.78, 5) is 2.52. The van der Waals surface area contributed by atoms with Gasteiger partial charge in [0.2, 0.25) is 0 Å². The van der Waals surface area contributed by atoms with Gasteiger partial charge in [-0.2, -0.15) is 0 Å². The van der Waals surface area contributed by atoms with Crippen LogP contribution in [0.1, 0.15) is 74.9 Å². The number of hydrogen-bond acceptors (Lipinski definition) is 4. The van der Waals surface area contributed by atoms with E-state index in [0.717, 1.165) is 88.6 Å². The molecular formula is C73H51NO3. The topological polar surface area (TPSA) is 42.7 Å². The molecule has 11 aromatic carbocycles. The standard InChI is InChI=1S/C73H51NO3/c1-71(2)54-37-42(31-33-47(54)62-56(71)39-51(69-64(62)49-23-11-15-28-59(49)76-69)41-30-35-61-52(36-41)45-21-10-14-27-58(45)75-61)74(57-26-17-19-40-18-7-8-20-44(40)57)43-32-34-48-55(38-43)73(5,6)67-63(48)65-50-24-12-16-29-60(50)77-70(65)66-46-22-9-13-25-53(46)72(3,4)68(66)67/h7-39H,1-6H3. The maximum Gasteiger partial charge on any atom is 0.144 e. The maximum absolute atomic E-state index is 7.03. The number of anilines is 3. The lowest BCUT2D eigenvalue weighted by Crippen LogP contribution is -2.24. The van der Waals surface area contributed by atoms with Crippen LogP contribution < -0.4 is 4.90 Å². The summed E-state index contributed by atoms with van der Waals surface area (Å²) in [6, 6.07) is 73.5. The second-order valence-corrected chi connectivity index (χ2v) is 23.5. The molecule has 0 amide bonds. The van der Waals surface area contributed by atoms with E-state index >= 15 is 0 Å². The van der Waals surface area contributed by atoms with E-state index < -0.39 is 0 Å². The minimum Gasteiger partial charge on any atom is -0.456 e. The van der Waals surface area contributed by atoms with Gasteiger partial charge < -0.3 is 18.2 Å². The summed E-state index contributed by atoms with van der Waals surface area (Å²) in [6.07, 6.45) is 0. The monoisotopic (exact) mass is 989 g/mol. The summed E-state index contributed by atoms with van der Waals surface area (Å²) in [5.41, 5.74) is 25.7. The third-order valence-corrected chi connectivity index (χ3v) is 18.4. The van der Waals surface area contributed by atoms with Crippen LogP contribution in [0, 0.1) is 0 Å². The number of benzene rings is 11. The number of rotatable bonds is 4. The molecule has 4 nitrogen and oxygen atoms in total. The lowest BCUT2D eigenvalue weighted by atomic mass is 9.72. The number of furan rings is 3. The highest BCUT2D eigenvalue weighted by atomic mass is 16.3. The minimum absolute atomic E-state index is 0.244. The summed E-state index contributed by atoms with van der Waals surface area (Å²) in [6.45, 7) is 14.5. The Morgan fingerprint density at radius 2 is 0.857 bits per heavy atom. The first-order valence-corrected chi connectivity index (χ1v) is 27.1. The van der Waals surface area contributed by atoms with E-state index in [9.17, 15) is 0 Å². The largest absolute Gasteiger partial charge is 0.456 e. The molecule has 0 aliphatic heterocycles. The average Bonchev–Trinajstić information content (AvgIpc) is 4.39. The van der Waals surface area contributed by atoms with Crippen LogP contribution in [0.15, 0.2) is 213 Å². The first-order chi connectivity index (χ1) is 37.5. The van der Waals surface area contributed by atoms with Crippen LogP contribution in [0.25, 0.3) is 121 Å². The van der Waals surface area contributed by atoms with Crippen molar-refractivity contribution < 1.29 is 13.3 Å². The van der Waals surface area contributed by atoms with Gasteiger partial charge in [-0.25, -0.2) is 0 Å². The van der Waals surface area contributed by atoms with Crippen molar-refractivity contribution in [2.24, 2.45) is 0 Å². The van der Waals surface area contributed by atoms with Gasteiger partial charge in [-0.3, -0.25) is 0 Å². The van der Waals surface area contributed by atoms with Crippen molar-refractivity contribution in [3.8, 4) is 44.5 Å². The molecule has 3 aromatic heterocycles. The molecule has 3 aliphatic carbocycles. The fraction of sp³-hybridized carbons (Fsp3) is 0.123. The zero-order valence-electron chi connectivity index (χ0n) is 43.7. The van der Waals surface area contributed by atoms with Gasteiger partial charge in [0.15, 0.2) is 0 Å². The van der Waals surface area contributed by atoms with Gasteiger partial charge in [0.05, 0.1) is 5.69 Å². The molecule has 77 heavy (non-hydrogen) atoms. The molecule has 0 bridgehead atoms. The van der Waals surface area contributed by atoms with E-state index in [0.29, 0.717) is 0 Å². The van der Waals surface area contributed by atoms with Gasteiger partial charge in [-0.05, 0) is 139 Å². The number of nitrogens with zero attached hydrogens (tertiary/aromatic N) is 1. The Bertz CT molecular complexity index is 4970. The van der Waals surface area contributed by atoms with Gasteiger partial charge in [-0.1, -0.05) is 175 Å². The van der Waals surface area contributed by atoms with Crippen molar-refractivity contribution in [2.45, 2.75) is 57.8 Å². The molecule has 3 aliphatic rings. The summed E-state index contributed by atoms with van der Waals surface area (Å²) >= 11 is 0. The molecule has 17 rings (SSSR count). The molecule has 3 heterocycles. The van der Waals surface area contributed by atoms with E-state index in [4.69, 9.17) is 13.3 Å². The van der Waals surface area contributed by atoms with Crippen molar-refractivity contribution >= 4 is 93.7 Å². The first-order valence-electron chi connectivity index (χ1n) is 27.1. The van der Waals surface area contributed by atoms with E-state index in [2.05, 4.69) is 234 Å². The van der Waals surface area contributed by atoms with Gasteiger partial charge in [0.25, 0.3) is 0 Å². The van der Waals surface area contributed by atoms with Crippen molar-refractivity contribution in [3.05, 3.63) is 234 Å². The first kappa shape index (κ1) is 43.2. The van der Waals surface area contributed by atoms with E-state index in [1.807, 2.05) is 12.1 Å². The Morgan fingerprint density at radius 1 is 0.325 bits per heavy atom. The van der Waals surface area contributed by atoms with Crippen molar-refractivity contribution in [3.63, 3.8) is 0 Å². The summed E-state index contributed by atoms with van der Waals surface area (Å²) < 4.78 is 20.3. The van der Waals surface area contributed by atoms with E-state index in [1.165, 1.54) is 82.9 Å². The number of hydrogen-bond donors (Lipinski definition) is 0. The van der Waals surface area contributed by atoms with E-state index in [-0.39, 0.29) is 16.2 Å². The number of para-hydroxylation sites is 3. The molecule has 0 atom stereocenters. The zero-order chi connectivity index (χ0) is 51.4. The van der Waals surface area contributed by atoms with Crippen molar-refractivity contribution in [2.75, 3.05) is 4.90 Å². The quantitative estimate of drug-likeness (QED) is 0.176. The second-order valence-electron chi connectivity index (χ2n) is 23.5. The fourth-order valence-corrected chi connectivity index (χ4v) is 14.8. The predicted octanol–water partition coefficient (Wildman–Crippen LogP) is 20.6. The molecule has 366 valence electrons. The van der Waals surface area contributed by atoms with Crippen molar-refractivity contribution in [1.29, 1.82) is 0 Å². The zero-order valence-corrected chi connectivity index (χ0v) is 43.7. The lowest BCUT2D eigenvalue weighted by Gasteiger charge is -2.32. The van der Waals surface area contributed by atoms with E-state index in [1.54, 1.807) is 0 Å². The third-order valence-electron chi connectivity index (χ3n) is 18.4.